The second-order valence-electron chi connectivity index (χ2n) is 6.74. The van der Waals surface area contributed by atoms with Crippen LogP contribution in [-0.4, -0.2) is 35.2 Å². The van der Waals surface area contributed by atoms with Crippen LogP contribution in [0.2, 0.25) is 0 Å². The average Bonchev–Trinajstić information content (AvgIpc) is 2.43. The third-order valence-electron chi connectivity index (χ3n) is 4.29. The first-order chi connectivity index (χ1) is 9.95. The Kier molecular flexibility index (Phi) is 5.65. The predicted molar refractivity (Wildman–Crippen MR) is 86.6 cm³/mol. The first-order valence-corrected chi connectivity index (χ1v) is 8.14. The molecule has 1 aromatic carbocycles. The van der Waals surface area contributed by atoms with E-state index < -0.39 is 6.10 Å². The van der Waals surface area contributed by atoms with Crippen LogP contribution < -0.4 is 4.74 Å². The maximum Gasteiger partial charge on any atom is 0.119 e. The summed E-state index contributed by atoms with van der Waals surface area (Å²) in [4.78, 5) is 2.41. The second kappa shape index (κ2) is 7.28. The number of aliphatic hydroxyl groups is 1. The van der Waals surface area contributed by atoms with Crippen molar-refractivity contribution in [3.05, 3.63) is 29.8 Å². The number of β-amino-alcohol motifs (C(OH)–C–C–N with tert-alkyl or cyclic N) is 1. The fourth-order valence-electron chi connectivity index (χ4n) is 3.00. The Morgan fingerprint density at radius 3 is 2.48 bits per heavy atom. The third kappa shape index (κ3) is 4.72. The average molecular weight is 291 g/mol. The van der Waals surface area contributed by atoms with Gasteiger partial charge in [0.15, 0.2) is 0 Å². The lowest BCUT2D eigenvalue weighted by Crippen LogP contribution is -2.43. The summed E-state index contributed by atoms with van der Waals surface area (Å²) in [5, 5.41) is 10.5. The van der Waals surface area contributed by atoms with Crippen molar-refractivity contribution in [2.45, 2.75) is 58.8 Å². The summed E-state index contributed by atoms with van der Waals surface area (Å²) in [6, 6.07) is 8.40. The van der Waals surface area contributed by atoms with E-state index in [1.54, 1.807) is 0 Å². The molecule has 1 aromatic rings. The maximum absolute atomic E-state index is 10.5. The molecular weight excluding hydrogens is 262 g/mol. The highest BCUT2D eigenvalue weighted by Crippen LogP contribution is 2.25. The van der Waals surface area contributed by atoms with Crippen molar-refractivity contribution in [2.75, 3.05) is 13.1 Å². The van der Waals surface area contributed by atoms with Crippen LogP contribution in [0.1, 0.15) is 52.2 Å². The van der Waals surface area contributed by atoms with E-state index in [1.165, 1.54) is 12.8 Å². The van der Waals surface area contributed by atoms with Crippen LogP contribution in [-0.2, 0) is 0 Å². The molecule has 0 amide bonds. The fourth-order valence-corrected chi connectivity index (χ4v) is 3.00. The van der Waals surface area contributed by atoms with Crippen LogP contribution in [0.4, 0.5) is 0 Å². The molecule has 0 saturated carbocycles. The van der Waals surface area contributed by atoms with Gasteiger partial charge in [0.05, 0.1) is 12.2 Å². The minimum atomic E-state index is -0.425. The van der Waals surface area contributed by atoms with E-state index in [2.05, 4.69) is 18.7 Å². The maximum atomic E-state index is 10.5. The van der Waals surface area contributed by atoms with E-state index in [1.807, 2.05) is 38.1 Å². The van der Waals surface area contributed by atoms with Gasteiger partial charge >= 0.3 is 0 Å². The van der Waals surface area contributed by atoms with Gasteiger partial charge in [0.25, 0.3) is 0 Å². The fraction of sp³-hybridized carbons (Fsp3) is 0.667. The first-order valence-electron chi connectivity index (χ1n) is 8.14. The lowest BCUT2D eigenvalue weighted by molar-refractivity contribution is 0.0568. The van der Waals surface area contributed by atoms with Crippen molar-refractivity contribution in [2.24, 2.45) is 5.92 Å². The van der Waals surface area contributed by atoms with Crippen molar-refractivity contribution < 1.29 is 9.84 Å². The molecule has 1 aliphatic heterocycles. The summed E-state index contributed by atoms with van der Waals surface area (Å²) >= 11 is 0. The highest BCUT2D eigenvalue weighted by atomic mass is 16.5. The molecule has 118 valence electrons. The minimum absolute atomic E-state index is 0.177. The lowest BCUT2D eigenvalue weighted by Gasteiger charge is -2.37. The topological polar surface area (TPSA) is 32.7 Å². The van der Waals surface area contributed by atoms with Crippen molar-refractivity contribution in [1.29, 1.82) is 0 Å². The molecular formula is C18H29NO2. The number of likely N-dealkylation sites (tertiary alicyclic amines) is 1. The number of hydrogen-bond donors (Lipinski definition) is 1. The van der Waals surface area contributed by atoms with Crippen LogP contribution in [0.25, 0.3) is 0 Å². The molecule has 0 aliphatic carbocycles. The highest BCUT2D eigenvalue weighted by molar-refractivity contribution is 5.28. The molecule has 3 nitrogen and oxygen atoms in total. The van der Waals surface area contributed by atoms with Gasteiger partial charge in [-0.25, -0.2) is 0 Å². The largest absolute Gasteiger partial charge is 0.491 e. The summed E-state index contributed by atoms with van der Waals surface area (Å²) in [6.07, 6.45) is 2.28. The molecule has 3 heteroatoms. The molecule has 1 aliphatic rings. The van der Waals surface area contributed by atoms with Crippen LogP contribution in [0.3, 0.4) is 0 Å². The van der Waals surface area contributed by atoms with Gasteiger partial charge < -0.3 is 9.84 Å². The van der Waals surface area contributed by atoms with Crippen molar-refractivity contribution in [3.8, 4) is 5.75 Å². The molecule has 1 N–H and O–H groups in total. The number of nitrogens with zero attached hydrogens (tertiary/aromatic N) is 1. The van der Waals surface area contributed by atoms with E-state index >= 15 is 0 Å². The Hall–Kier alpha value is -1.06. The number of hydrogen-bond acceptors (Lipinski definition) is 3. The van der Waals surface area contributed by atoms with E-state index in [4.69, 9.17) is 4.74 Å². The molecule has 1 saturated heterocycles. The van der Waals surface area contributed by atoms with Gasteiger partial charge in [0.1, 0.15) is 5.75 Å². The van der Waals surface area contributed by atoms with Gasteiger partial charge in [-0.05, 0) is 57.2 Å². The van der Waals surface area contributed by atoms with E-state index in [0.717, 1.165) is 30.3 Å². The molecule has 21 heavy (non-hydrogen) atoms. The van der Waals surface area contributed by atoms with Gasteiger partial charge in [-0.2, -0.15) is 0 Å². The smallest absolute Gasteiger partial charge is 0.119 e. The monoisotopic (exact) mass is 291 g/mol. The van der Waals surface area contributed by atoms with Crippen molar-refractivity contribution in [3.63, 3.8) is 0 Å². The Morgan fingerprint density at radius 1 is 1.19 bits per heavy atom. The SMILES string of the molecule is CC1CCC(C)N(CC(O)c2ccc(OC(C)C)cc2)C1. The number of rotatable bonds is 5. The lowest BCUT2D eigenvalue weighted by atomic mass is 9.94. The first kappa shape index (κ1) is 16.3. The Labute approximate surface area is 128 Å². The molecule has 1 fully saturated rings. The molecule has 0 bridgehead atoms. The summed E-state index contributed by atoms with van der Waals surface area (Å²) in [7, 11) is 0. The predicted octanol–water partition coefficient (Wildman–Crippen LogP) is 3.63. The van der Waals surface area contributed by atoms with Gasteiger partial charge in [0, 0.05) is 19.1 Å². The standard InChI is InChI=1S/C18H29NO2/c1-13(2)21-17-9-7-16(8-10-17)18(20)12-19-11-14(3)5-6-15(19)4/h7-10,13-15,18,20H,5-6,11-12H2,1-4H3. The highest BCUT2D eigenvalue weighted by Gasteiger charge is 2.25. The summed E-state index contributed by atoms with van der Waals surface area (Å²) in [5.74, 6) is 1.59. The number of ether oxygens (including phenoxy) is 1. The molecule has 1 heterocycles. The number of benzene rings is 1. The minimum Gasteiger partial charge on any atom is -0.491 e. The van der Waals surface area contributed by atoms with Gasteiger partial charge in [-0.15, -0.1) is 0 Å². The van der Waals surface area contributed by atoms with Gasteiger partial charge in [-0.1, -0.05) is 19.1 Å². The normalized spacial score (nSPS) is 25.0. The zero-order valence-corrected chi connectivity index (χ0v) is 13.7. The molecule has 2 rings (SSSR count). The van der Waals surface area contributed by atoms with Crippen molar-refractivity contribution >= 4 is 0 Å². The Morgan fingerprint density at radius 2 is 1.86 bits per heavy atom. The molecule has 0 spiro atoms. The molecule has 3 atom stereocenters. The number of aliphatic hydroxyl groups excluding tert-OH is 1. The quantitative estimate of drug-likeness (QED) is 0.899. The van der Waals surface area contributed by atoms with Gasteiger partial charge in [-0.3, -0.25) is 4.90 Å². The molecule has 0 aromatic heterocycles. The third-order valence-corrected chi connectivity index (χ3v) is 4.29. The van der Waals surface area contributed by atoms with Crippen molar-refractivity contribution in [1.82, 2.24) is 4.90 Å². The second-order valence-corrected chi connectivity index (χ2v) is 6.74. The summed E-state index contributed by atoms with van der Waals surface area (Å²) < 4.78 is 5.64. The van der Waals surface area contributed by atoms with Crippen LogP contribution in [0.5, 0.6) is 5.75 Å². The molecule has 3 unspecified atom stereocenters. The summed E-state index contributed by atoms with van der Waals surface area (Å²) in [5.41, 5.74) is 0.969. The van der Waals surface area contributed by atoms with Crippen LogP contribution in [0, 0.1) is 5.92 Å². The molecule has 0 radical (unpaired) electrons. The zero-order valence-electron chi connectivity index (χ0n) is 13.7. The van der Waals surface area contributed by atoms with Gasteiger partial charge in [0.2, 0.25) is 0 Å². The zero-order chi connectivity index (χ0) is 15.4. The summed E-state index contributed by atoms with van der Waals surface area (Å²) in [6.45, 7) is 10.4. The Balaban J connectivity index is 1.94. The van der Waals surface area contributed by atoms with Crippen LogP contribution in [0.15, 0.2) is 24.3 Å². The van der Waals surface area contributed by atoms with E-state index in [9.17, 15) is 5.11 Å². The Bertz CT molecular complexity index is 429. The van der Waals surface area contributed by atoms with Crippen LogP contribution >= 0.6 is 0 Å². The van der Waals surface area contributed by atoms with E-state index in [0.29, 0.717) is 6.04 Å². The van der Waals surface area contributed by atoms with E-state index in [-0.39, 0.29) is 6.10 Å². The number of piperidine rings is 1.